The minimum Gasteiger partial charge on any atom is -0.330 e. The maximum atomic E-state index is 2.45. The van der Waals surface area contributed by atoms with Crippen LogP contribution in [0.25, 0.3) is 0 Å². The van der Waals surface area contributed by atoms with E-state index in [4.69, 9.17) is 0 Å². The standard InChI is InChI=1S/C12H23N.HI/c1-3-13-10(2)8-9-11-6-4-5-7-12(11)13;/h10-12H,3-9H2,1-2H3;1H/p+1. The molecule has 0 aromatic rings. The summed E-state index contributed by atoms with van der Waals surface area (Å²) >= 11 is 0. The van der Waals surface area contributed by atoms with E-state index in [0.29, 0.717) is 0 Å². The van der Waals surface area contributed by atoms with Crippen LogP contribution in [-0.4, -0.2) is 18.6 Å². The van der Waals surface area contributed by atoms with Crippen LogP contribution in [0.3, 0.4) is 0 Å². The normalized spacial score (nSPS) is 42.4. The first kappa shape index (κ1) is 12.8. The fourth-order valence-electron chi connectivity index (χ4n) is 3.67. The second kappa shape index (κ2) is 5.69. The quantitative estimate of drug-likeness (QED) is 0.709. The number of halogens is 1. The molecule has 0 spiro atoms. The van der Waals surface area contributed by atoms with E-state index in [-0.39, 0.29) is 24.0 Å². The van der Waals surface area contributed by atoms with Gasteiger partial charge in [-0.05, 0) is 46.0 Å². The molecule has 1 N–H and O–H groups in total. The molecule has 0 bridgehead atoms. The van der Waals surface area contributed by atoms with Gasteiger partial charge in [-0.2, -0.15) is 0 Å². The largest absolute Gasteiger partial charge is 0.330 e. The summed E-state index contributed by atoms with van der Waals surface area (Å²) in [5, 5.41) is 0. The molecule has 84 valence electrons. The van der Waals surface area contributed by atoms with Crippen LogP contribution in [0.1, 0.15) is 52.4 Å². The SMILES string of the molecule is CC[NH+]1C(C)CCC2CCCCC21.I. The zero-order valence-electron chi connectivity index (χ0n) is 9.59. The summed E-state index contributed by atoms with van der Waals surface area (Å²) in [6.07, 6.45) is 9.04. The number of likely N-dealkylation sites (tertiary alicyclic amines) is 1. The fourth-order valence-corrected chi connectivity index (χ4v) is 3.67. The monoisotopic (exact) mass is 310 g/mol. The molecule has 1 heterocycles. The Bertz CT molecular complexity index is 172. The van der Waals surface area contributed by atoms with E-state index in [0.717, 1.165) is 18.0 Å². The van der Waals surface area contributed by atoms with Crippen LogP contribution in [0.2, 0.25) is 0 Å². The van der Waals surface area contributed by atoms with Gasteiger partial charge < -0.3 is 4.90 Å². The molecule has 2 rings (SSSR count). The topological polar surface area (TPSA) is 4.44 Å². The first-order chi connectivity index (χ1) is 6.33. The Labute approximate surface area is 106 Å². The molecule has 14 heavy (non-hydrogen) atoms. The van der Waals surface area contributed by atoms with Gasteiger partial charge in [0.15, 0.2) is 0 Å². The summed E-state index contributed by atoms with van der Waals surface area (Å²) in [5.41, 5.74) is 0. The van der Waals surface area contributed by atoms with E-state index in [9.17, 15) is 0 Å². The van der Waals surface area contributed by atoms with E-state index >= 15 is 0 Å². The lowest BCUT2D eigenvalue weighted by atomic mass is 9.76. The van der Waals surface area contributed by atoms with Crippen molar-refractivity contribution in [2.24, 2.45) is 5.92 Å². The smallest absolute Gasteiger partial charge is 0.0905 e. The average Bonchev–Trinajstić information content (AvgIpc) is 2.18. The summed E-state index contributed by atoms with van der Waals surface area (Å²) in [7, 11) is 0. The Morgan fingerprint density at radius 1 is 1.07 bits per heavy atom. The summed E-state index contributed by atoms with van der Waals surface area (Å²) in [6, 6.07) is 1.96. The van der Waals surface area contributed by atoms with Gasteiger partial charge in [0.2, 0.25) is 0 Å². The second-order valence-electron chi connectivity index (χ2n) is 5.06. The summed E-state index contributed by atoms with van der Waals surface area (Å²) < 4.78 is 0. The molecule has 0 aromatic heterocycles. The number of rotatable bonds is 1. The maximum absolute atomic E-state index is 2.45. The van der Waals surface area contributed by atoms with Gasteiger partial charge in [0.25, 0.3) is 0 Å². The average molecular weight is 310 g/mol. The highest BCUT2D eigenvalue weighted by Gasteiger charge is 2.38. The first-order valence-electron chi connectivity index (χ1n) is 6.18. The minimum absolute atomic E-state index is 0. The van der Waals surface area contributed by atoms with Crippen molar-refractivity contribution in [2.75, 3.05) is 6.54 Å². The predicted octanol–water partition coefficient (Wildman–Crippen LogP) is 2.25. The molecule has 1 saturated heterocycles. The molecule has 0 aromatic carbocycles. The van der Waals surface area contributed by atoms with Gasteiger partial charge in [-0.15, -0.1) is 24.0 Å². The van der Waals surface area contributed by atoms with E-state index in [1.807, 2.05) is 4.90 Å². The number of hydrogen-bond donors (Lipinski definition) is 1. The highest BCUT2D eigenvalue weighted by Crippen LogP contribution is 2.29. The number of quaternary nitrogens is 1. The summed E-state index contributed by atoms with van der Waals surface area (Å²) in [6.45, 7) is 6.16. The van der Waals surface area contributed by atoms with Gasteiger partial charge in [0.05, 0.1) is 18.6 Å². The molecular weight excluding hydrogens is 285 g/mol. The Hall–Kier alpha value is 0.690. The molecule has 1 aliphatic heterocycles. The molecule has 4 unspecified atom stereocenters. The van der Waals surface area contributed by atoms with Crippen molar-refractivity contribution in [3.05, 3.63) is 0 Å². The molecule has 2 aliphatic rings. The van der Waals surface area contributed by atoms with Crippen LogP contribution in [-0.2, 0) is 0 Å². The van der Waals surface area contributed by atoms with Crippen molar-refractivity contribution in [2.45, 2.75) is 64.5 Å². The third kappa shape index (κ3) is 2.43. The lowest BCUT2D eigenvalue weighted by Gasteiger charge is -2.44. The number of piperidine rings is 1. The third-order valence-electron chi connectivity index (χ3n) is 4.40. The fraction of sp³-hybridized carbons (Fsp3) is 1.00. The highest BCUT2D eigenvalue weighted by atomic mass is 127. The van der Waals surface area contributed by atoms with Crippen LogP contribution in [0.15, 0.2) is 0 Å². The Morgan fingerprint density at radius 3 is 2.50 bits per heavy atom. The van der Waals surface area contributed by atoms with Crippen LogP contribution in [0, 0.1) is 5.92 Å². The van der Waals surface area contributed by atoms with Crippen molar-refractivity contribution in [3.8, 4) is 0 Å². The number of nitrogens with one attached hydrogen (secondary N) is 1. The van der Waals surface area contributed by atoms with Gasteiger partial charge in [0, 0.05) is 5.92 Å². The van der Waals surface area contributed by atoms with Crippen LogP contribution in [0.5, 0.6) is 0 Å². The van der Waals surface area contributed by atoms with Crippen LogP contribution in [0.4, 0.5) is 0 Å². The molecule has 0 radical (unpaired) electrons. The maximum Gasteiger partial charge on any atom is 0.0905 e. The van der Waals surface area contributed by atoms with Gasteiger partial charge in [0.1, 0.15) is 0 Å². The Morgan fingerprint density at radius 2 is 1.79 bits per heavy atom. The zero-order chi connectivity index (χ0) is 9.26. The van der Waals surface area contributed by atoms with Crippen LogP contribution >= 0.6 is 24.0 Å². The van der Waals surface area contributed by atoms with Gasteiger partial charge in [-0.3, -0.25) is 0 Å². The highest BCUT2D eigenvalue weighted by molar-refractivity contribution is 14.0. The van der Waals surface area contributed by atoms with E-state index in [1.165, 1.54) is 45.1 Å². The predicted molar refractivity (Wildman–Crippen MR) is 71.4 cm³/mol. The van der Waals surface area contributed by atoms with Crippen LogP contribution < -0.4 is 4.90 Å². The first-order valence-corrected chi connectivity index (χ1v) is 6.18. The van der Waals surface area contributed by atoms with Gasteiger partial charge in [-0.1, -0.05) is 6.42 Å². The third-order valence-corrected chi connectivity index (χ3v) is 4.40. The Balaban J connectivity index is 0.000000980. The lowest BCUT2D eigenvalue weighted by Crippen LogP contribution is -3.20. The van der Waals surface area contributed by atoms with Crippen molar-refractivity contribution < 1.29 is 4.90 Å². The zero-order valence-corrected chi connectivity index (χ0v) is 11.9. The summed E-state index contributed by atoms with van der Waals surface area (Å²) in [5.74, 6) is 1.08. The van der Waals surface area contributed by atoms with Crippen molar-refractivity contribution >= 4 is 24.0 Å². The van der Waals surface area contributed by atoms with Gasteiger partial charge >= 0.3 is 0 Å². The van der Waals surface area contributed by atoms with Crippen molar-refractivity contribution in [1.82, 2.24) is 0 Å². The number of hydrogen-bond acceptors (Lipinski definition) is 0. The van der Waals surface area contributed by atoms with Gasteiger partial charge in [-0.25, -0.2) is 0 Å². The molecule has 1 nitrogen and oxygen atoms in total. The second-order valence-corrected chi connectivity index (χ2v) is 5.06. The molecular formula is C12H25IN+. The molecule has 1 aliphatic carbocycles. The molecule has 2 heteroatoms. The van der Waals surface area contributed by atoms with Crippen molar-refractivity contribution in [3.63, 3.8) is 0 Å². The molecule has 0 amide bonds. The number of fused-ring (bicyclic) bond motifs is 1. The molecule has 4 atom stereocenters. The molecule has 1 saturated carbocycles. The van der Waals surface area contributed by atoms with E-state index < -0.39 is 0 Å². The summed E-state index contributed by atoms with van der Waals surface area (Å²) in [4.78, 5) is 1.91. The molecule has 2 fully saturated rings. The lowest BCUT2D eigenvalue weighted by molar-refractivity contribution is -0.957. The Kier molecular flexibility index (Phi) is 5.18. The minimum atomic E-state index is 0. The van der Waals surface area contributed by atoms with Crippen molar-refractivity contribution in [1.29, 1.82) is 0 Å². The van der Waals surface area contributed by atoms with E-state index in [1.54, 1.807) is 0 Å². The van der Waals surface area contributed by atoms with E-state index in [2.05, 4.69) is 13.8 Å².